The highest BCUT2D eigenvalue weighted by molar-refractivity contribution is 9.10. The second-order valence-electron chi connectivity index (χ2n) is 6.13. The standard InChI is InChI=1S/C23H18BrNO/c1-2-16-8-13-22-20(14-16)21(25-19-11-9-18(24)10-12-19)15-23(26-22)17-6-4-3-5-7-17/h3-15H,2H2,1H3. The molecule has 0 saturated carbocycles. The van der Waals surface area contributed by atoms with E-state index in [1.807, 2.05) is 54.6 Å². The molecule has 0 amide bonds. The lowest BCUT2D eigenvalue weighted by molar-refractivity contribution is 0.618. The van der Waals surface area contributed by atoms with Crippen molar-refractivity contribution < 1.29 is 4.42 Å². The van der Waals surface area contributed by atoms with Gasteiger partial charge in [-0.25, -0.2) is 4.99 Å². The molecule has 3 heteroatoms. The van der Waals surface area contributed by atoms with E-state index in [-0.39, 0.29) is 0 Å². The van der Waals surface area contributed by atoms with E-state index in [1.54, 1.807) is 0 Å². The molecule has 128 valence electrons. The SMILES string of the molecule is CCc1ccc2oc(-c3ccccc3)cc(=Nc3ccc(Br)cc3)c2c1. The number of hydrogen-bond acceptors (Lipinski definition) is 2. The minimum absolute atomic E-state index is 0.818. The van der Waals surface area contributed by atoms with Crippen molar-refractivity contribution in [3.63, 3.8) is 0 Å². The maximum absolute atomic E-state index is 6.18. The van der Waals surface area contributed by atoms with E-state index in [1.165, 1.54) is 5.56 Å². The van der Waals surface area contributed by atoms with Crippen LogP contribution >= 0.6 is 15.9 Å². The Morgan fingerprint density at radius 3 is 2.38 bits per heavy atom. The summed E-state index contributed by atoms with van der Waals surface area (Å²) in [6.45, 7) is 2.15. The van der Waals surface area contributed by atoms with Crippen LogP contribution in [0.1, 0.15) is 12.5 Å². The van der Waals surface area contributed by atoms with Crippen molar-refractivity contribution in [2.45, 2.75) is 13.3 Å². The number of nitrogens with zero attached hydrogens (tertiary/aromatic N) is 1. The summed E-state index contributed by atoms with van der Waals surface area (Å²) >= 11 is 3.48. The van der Waals surface area contributed by atoms with Crippen LogP contribution < -0.4 is 5.36 Å². The summed E-state index contributed by atoms with van der Waals surface area (Å²) in [6, 6.07) is 26.5. The average Bonchev–Trinajstić information content (AvgIpc) is 2.70. The second-order valence-corrected chi connectivity index (χ2v) is 7.05. The number of fused-ring (bicyclic) bond motifs is 1. The molecule has 2 nitrogen and oxygen atoms in total. The predicted octanol–water partition coefficient (Wildman–Crippen LogP) is 6.66. The first-order valence-electron chi connectivity index (χ1n) is 8.65. The monoisotopic (exact) mass is 403 g/mol. The van der Waals surface area contributed by atoms with Crippen molar-refractivity contribution in [1.82, 2.24) is 0 Å². The molecule has 0 N–H and O–H groups in total. The number of hydrogen-bond donors (Lipinski definition) is 0. The highest BCUT2D eigenvalue weighted by Gasteiger charge is 2.07. The second kappa shape index (κ2) is 7.30. The fourth-order valence-electron chi connectivity index (χ4n) is 2.93. The Hall–Kier alpha value is -2.65. The zero-order valence-corrected chi connectivity index (χ0v) is 16.0. The first-order valence-corrected chi connectivity index (χ1v) is 9.45. The zero-order chi connectivity index (χ0) is 17.9. The molecule has 26 heavy (non-hydrogen) atoms. The molecule has 1 heterocycles. The van der Waals surface area contributed by atoms with Gasteiger partial charge in [-0.3, -0.25) is 0 Å². The molecule has 1 aromatic heterocycles. The van der Waals surface area contributed by atoms with E-state index in [0.717, 1.165) is 44.2 Å². The van der Waals surface area contributed by atoms with Gasteiger partial charge in [-0.2, -0.15) is 0 Å². The van der Waals surface area contributed by atoms with Crippen LogP contribution in [-0.2, 0) is 6.42 Å². The molecule has 0 aliphatic heterocycles. The maximum atomic E-state index is 6.18. The molecule has 0 aliphatic rings. The molecule has 0 unspecified atom stereocenters. The van der Waals surface area contributed by atoms with Crippen molar-refractivity contribution in [2.75, 3.05) is 0 Å². The number of halogens is 1. The van der Waals surface area contributed by atoms with Gasteiger partial charge in [0.1, 0.15) is 11.3 Å². The number of benzene rings is 3. The summed E-state index contributed by atoms with van der Waals surface area (Å²) in [5.41, 5.74) is 4.08. The first kappa shape index (κ1) is 16.8. The maximum Gasteiger partial charge on any atom is 0.136 e. The molecule has 4 aromatic rings. The molecule has 0 saturated heterocycles. The lowest BCUT2D eigenvalue weighted by atomic mass is 10.1. The molecular formula is C23H18BrNO. The third kappa shape index (κ3) is 3.49. The lowest BCUT2D eigenvalue weighted by Gasteiger charge is -2.06. The fourth-order valence-corrected chi connectivity index (χ4v) is 3.19. The van der Waals surface area contributed by atoms with E-state index in [0.29, 0.717) is 0 Å². The Kier molecular flexibility index (Phi) is 4.72. The molecule has 0 fully saturated rings. The predicted molar refractivity (Wildman–Crippen MR) is 110 cm³/mol. The van der Waals surface area contributed by atoms with Gasteiger partial charge >= 0.3 is 0 Å². The Balaban J connectivity index is 1.99. The van der Waals surface area contributed by atoms with Crippen LogP contribution in [0.2, 0.25) is 0 Å². The largest absolute Gasteiger partial charge is 0.456 e. The molecule has 0 atom stereocenters. The van der Waals surface area contributed by atoms with Crippen LogP contribution in [0, 0.1) is 0 Å². The van der Waals surface area contributed by atoms with Gasteiger partial charge in [0, 0.05) is 21.5 Å². The van der Waals surface area contributed by atoms with Crippen LogP contribution in [-0.4, -0.2) is 0 Å². The van der Waals surface area contributed by atoms with Crippen LogP contribution in [0.4, 0.5) is 5.69 Å². The van der Waals surface area contributed by atoms with E-state index in [4.69, 9.17) is 9.41 Å². The highest BCUT2D eigenvalue weighted by Crippen LogP contribution is 2.24. The minimum Gasteiger partial charge on any atom is -0.456 e. The van der Waals surface area contributed by atoms with Gasteiger partial charge in [-0.05, 0) is 48.4 Å². The van der Waals surface area contributed by atoms with Crippen molar-refractivity contribution >= 4 is 32.6 Å². The molecular weight excluding hydrogens is 386 g/mol. The topological polar surface area (TPSA) is 25.5 Å². The van der Waals surface area contributed by atoms with Crippen molar-refractivity contribution in [3.05, 3.63) is 94.3 Å². The molecule has 3 aromatic carbocycles. The van der Waals surface area contributed by atoms with Crippen LogP contribution in [0.3, 0.4) is 0 Å². The summed E-state index contributed by atoms with van der Waals surface area (Å²) in [6.07, 6.45) is 0.980. The molecule has 4 rings (SSSR count). The third-order valence-electron chi connectivity index (χ3n) is 4.35. The summed E-state index contributed by atoms with van der Waals surface area (Å²) < 4.78 is 7.22. The number of aryl methyl sites for hydroxylation is 1. The molecule has 0 radical (unpaired) electrons. The fraction of sp³-hybridized carbons (Fsp3) is 0.0870. The smallest absolute Gasteiger partial charge is 0.136 e. The number of rotatable bonds is 3. The lowest BCUT2D eigenvalue weighted by Crippen LogP contribution is -2.03. The van der Waals surface area contributed by atoms with Crippen LogP contribution in [0.5, 0.6) is 0 Å². The van der Waals surface area contributed by atoms with Crippen LogP contribution in [0.25, 0.3) is 22.3 Å². The quantitative estimate of drug-likeness (QED) is 0.375. The summed E-state index contributed by atoms with van der Waals surface area (Å²) in [5.74, 6) is 0.818. The Bertz CT molecular complexity index is 1110. The first-order chi connectivity index (χ1) is 12.7. The Morgan fingerprint density at radius 1 is 0.885 bits per heavy atom. The van der Waals surface area contributed by atoms with Gasteiger partial charge in [-0.1, -0.05) is 59.3 Å². The summed E-state index contributed by atoms with van der Waals surface area (Å²) in [5, 5.41) is 1.95. The van der Waals surface area contributed by atoms with Crippen molar-refractivity contribution in [2.24, 2.45) is 4.99 Å². The van der Waals surface area contributed by atoms with E-state index in [9.17, 15) is 0 Å². The van der Waals surface area contributed by atoms with Gasteiger partial charge in [0.2, 0.25) is 0 Å². The normalized spacial score (nSPS) is 11.8. The van der Waals surface area contributed by atoms with E-state index in [2.05, 4.69) is 47.1 Å². The van der Waals surface area contributed by atoms with Crippen LogP contribution in [0.15, 0.2) is 92.7 Å². The molecule has 0 spiro atoms. The average molecular weight is 404 g/mol. The Labute approximate surface area is 161 Å². The Morgan fingerprint density at radius 2 is 1.65 bits per heavy atom. The van der Waals surface area contributed by atoms with Gasteiger partial charge < -0.3 is 4.42 Å². The summed E-state index contributed by atoms with van der Waals surface area (Å²) in [4.78, 5) is 4.89. The van der Waals surface area contributed by atoms with Crippen molar-refractivity contribution in [3.8, 4) is 11.3 Å². The van der Waals surface area contributed by atoms with E-state index < -0.39 is 0 Å². The molecule has 0 bridgehead atoms. The highest BCUT2D eigenvalue weighted by atomic mass is 79.9. The van der Waals surface area contributed by atoms with Gasteiger partial charge in [-0.15, -0.1) is 0 Å². The zero-order valence-electron chi connectivity index (χ0n) is 14.4. The summed E-state index contributed by atoms with van der Waals surface area (Å²) in [7, 11) is 0. The van der Waals surface area contributed by atoms with E-state index >= 15 is 0 Å². The minimum atomic E-state index is 0.818. The molecule has 0 aliphatic carbocycles. The third-order valence-corrected chi connectivity index (χ3v) is 4.88. The van der Waals surface area contributed by atoms with Gasteiger partial charge in [0.15, 0.2) is 0 Å². The van der Waals surface area contributed by atoms with Gasteiger partial charge in [0.05, 0.1) is 11.0 Å². The van der Waals surface area contributed by atoms with Gasteiger partial charge in [0.25, 0.3) is 0 Å². The van der Waals surface area contributed by atoms with Crippen molar-refractivity contribution in [1.29, 1.82) is 0 Å².